The summed E-state index contributed by atoms with van der Waals surface area (Å²) in [5.41, 5.74) is 6.12. The van der Waals surface area contributed by atoms with Crippen LogP contribution < -0.4 is 5.32 Å². The van der Waals surface area contributed by atoms with Crippen LogP contribution in [0.5, 0.6) is 0 Å². The summed E-state index contributed by atoms with van der Waals surface area (Å²) in [4.78, 5) is 10.7. The van der Waals surface area contributed by atoms with Gasteiger partial charge in [0.05, 0.1) is 11.0 Å². The summed E-state index contributed by atoms with van der Waals surface area (Å²) in [7, 11) is 0. The lowest BCUT2D eigenvalue weighted by molar-refractivity contribution is -0.384. The molecular formula is C24H20N2O2. The highest BCUT2D eigenvalue weighted by Gasteiger charge is 2.38. The molecule has 4 heteroatoms. The molecule has 1 heterocycles. The fraction of sp³-hybridized carbons (Fsp3) is 0.167. The third-order valence-corrected chi connectivity index (χ3v) is 5.94. The highest BCUT2D eigenvalue weighted by atomic mass is 16.6. The fourth-order valence-corrected chi connectivity index (χ4v) is 4.61. The second-order valence-electron chi connectivity index (χ2n) is 7.46. The normalized spacial score (nSPS) is 22.2. The molecule has 5 rings (SSSR count). The SMILES string of the molecule is O=[N+]([O-])c1ccc([C@H]2Nc3c(-c4ccccc4)cccc3[C@@H]3C=CC[C@@H]23)cc1. The van der Waals surface area contributed by atoms with E-state index < -0.39 is 0 Å². The summed E-state index contributed by atoms with van der Waals surface area (Å²) in [6.07, 6.45) is 5.59. The van der Waals surface area contributed by atoms with E-state index in [2.05, 4.69) is 59.9 Å². The molecule has 0 spiro atoms. The zero-order valence-electron chi connectivity index (χ0n) is 15.3. The van der Waals surface area contributed by atoms with Gasteiger partial charge in [-0.05, 0) is 29.0 Å². The van der Waals surface area contributed by atoms with Crippen LogP contribution in [0.15, 0.2) is 84.9 Å². The fourth-order valence-electron chi connectivity index (χ4n) is 4.61. The first kappa shape index (κ1) is 16.8. The van der Waals surface area contributed by atoms with Gasteiger partial charge in [0, 0.05) is 29.3 Å². The number of hydrogen-bond acceptors (Lipinski definition) is 3. The standard InChI is InChI=1S/C24H20N2O2/c27-26(28)18-14-12-17(13-15-18)23-21-10-5-9-20(21)22-11-4-8-19(24(22)25-23)16-6-2-1-3-7-16/h1-9,11-15,20-21,23,25H,10H2/t20-,21-,23-/m1/s1. The number of nitrogens with zero attached hydrogens (tertiary/aromatic N) is 1. The van der Waals surface area contributed by atoms with Crippen molar-refractivity contribution in [3.05, 3.63) is 106 Å². The van der Waals surface area contributed by atoms with Gasteiger partial charge in [-0.15, -0.1) is 0 Å². The minimum absolute atomic E-state index is 0.123. The Morgan fingerprint density at radius 2 is 1.71 bits per heavy atom. The first-order valence-electron chi connectivity index (χ1n) is 9.58. The van der Waals surface area contributed by atoms with Crippen molar-refractivity contribution in [3.8, 4) is 11.1 Å². The van der Waals surface area contributed by atoms with Crippen molar-refractivity contribution < 1.29 is 4.92 Å². The molecule has 0 unspecified atom stereocenters. The molecule has 1 aliphatic carbocycles. The average molecular weight is 368 g/mol. The molecule has 0 bridgehead atoms. The molecule has 0 saturated heterocycles. The van der Waals surface area contributed by atoms with Crippen LogP contribution in [0.1, 0.15) is 29.5 Å². The zero-order chi connectivity index (χ0) is 19.1. The van der Waals surface area contributed by atoms with Crippen molar-refractivity contribution in [2.45, 2.75) is 18.4 Å². The summed E-state index contributed by atoms with van der Waals surface area (Å²) in [5, 5.41) is 14.8. The van der Waals surface area contributed by atoms with Crippen LogP contribution in [0.25, 0.3) is 11.1 Å². The molecule has 3 atom stereocenters. The van der Waals surface area contributed by atoms with Crippen LogP contribution >= 0.6 is 0 Å². The molecule has 1 N–H and O–H groups in total. The van der Waals surface area contributed by atoms with Gasteiger partial charge in [0.2, 0.25) is 0 Å². The summed E-state index contributed by atoms with van der Waals surface area (Å²) < 4.78 is 0. The number of nitrogens with one attached hydrogen (secondary N) is 1. The van der Waals surface area contributed by atoms with Gasteiger partial charge in [-0.1, -0.05) is 72.8 Å². The number of fused-ring (bicyclic) bond motifs is 3. The number of nitro benzene ring substituents is 1. The Labute approximate surface area is 163 Å². The maximum absolute atomic E-state index is 11.0. The van der Waals surface area contributed by atoms with Gasteiger partial charge in [-0.3, -0.25) is 10.1 Å². The molecule has 0 radical (unpaired) electrons. The molecule has 3 aromatic carbocycles. The summed E-state index contributed by atoms with van der Waals surface area (Å²) in [5.74, 6) is 0.778. The maximum Gasteiger partial charge on any atom is 0.269 e. The summed E-state index contributed by atoms with van der Waals surface area (Å²) >= 11 is 0. The van der Waals surface area contributed by atoms with Gasteiger partial charge >= 0.3 is 0 Å². The minimum Gasteiger partial charge on any atom is -0.377 e. The Balaban J connectivity index is 1.60. The van der Waals surface area contributed by atoms with E-state index in [0.717, 1.165) is 12.0 Å². The van der Waals surface area contributed by atoms with Crippen molar-refractivity contribution >= 4 is 11.4 Å². The Morgan fingerprint density at radius 3 is 2.46 bits per heavy atom. The second kappa shape index (κ2) is 6.64. The first-order valence-corrected chi connectivity index (χ1v) is 9.58. The molecule has 138 valence electrons. The van der Waals surface area contributed by atoms with E-state index in [1.807, 2.05) is 18.2 Å². The molecule has 0 saturated carbocycles. The third kappa shape index (κ3) is 2.69. The van der Waals surface area contributed by atoms with Crippen molar-refractivity contribution in [2.24, 2.45) is 5.92 Å². The number of para-hydroxylation sites is 1. The molecular weight excluding hydrogens is 348 g/mol. The van der Waals surface area contributed by atoms with Crippen molar-refractivity contribution in [3.63, 3.8) is 0 Å². The first-order chi connectivity index (χ1) is 13.7. The highest BCUT2D eigenvalue weighted by molar-refractivity contribution is 5.82. The minimum atomic E-state index is -0.346. The van der Waals surface area contributed by atoms with Gasteiger partial charge in [0.25, 0.3) is 5.69 Å². The Kier molecular flexibility index (Phi) is 3.97. The van der Waals surface area contributed by atoms with Crippen molar-refractivity contribution in [2.75, 3.05) is 5.32 Å². The second-order valence-corrected chi connectivity index (χ2v) is 7.46. The van der Waals surface area contributed by atoms with E-state index in [9.17, 15) is 10.1 Å². The smallest absolute Gasteiger partial charge is 0.269 e. The Hall–Kier alpha value is -3.40. The van der Waals surface area contributed by atoms with Gasteiger partial charge < -0.3 is 5.32 Å². The number of rotatable bonds is 3. The Morgan fingerprint density at radius 1 is 0.929 bits per heavy atom. The summed E-state index contributed by atoms with van der Waals surface area (Å²) in [6.45, 7) is 0. The van der Waals surface area contributed by atoms with Gasteiger partial charge in [0.15, 0.2) is 0 Å². The van der Waals surface area contributed by atoms with Gasteiger partial charge in [0.1, 0.15) is 0 Å². The summed E-state index contributed by atoms with van der Waals surface area (Å²) in [6, 6.07) is 24.0. The number of anilines is 1. The third-order valence-electron chi connectivity index (χ3n) is 5.94. The number of hydrogen-bond donors (Lipinski definition) is 1. The zero-order valence-corrected chi connectivity index (χ0v) is 15.3. The molecule has 1 aliphatic heterocycles. The molecule has 3 aromatic rings. The lowest BCUT2D eigenvalue weighted by atomic mass is 9.76. The van der Waals surface area contributed by atoms with E-state index in [0.29, 0.717) is 11.8 Å². The lowest BCUT2D eigenvalue weighted by Crippen LogP contribution is -2.29. The molecule has 28 heavy (non-hydrogen) atoms. The van der Waals surface area contributed by atoms with Gasteiger partial charge in [-0.2, -0.15) is 0 Å². The van der Waals surface area contributed by atoms with Crippen LogP contribution in [0.3, 0.4) is 0 Å². The van der Waals surface area contributed by atoms with Crippen LogP contribution in [0, 0.1) is 16.0 Å². The van der Waals surface area contributed by atoms with Crippen LogP contribution in [-0.2, 0) is 0 Å². The molecule has 0 fully saturated rings. The number of non-ortho nitro benzene ring substituents is 1. The number of benzene rings is 3. The topological polar surface area (TPSA) is 55.2 Å². The quantitative estimate of drug-likeness (QED) is 0.346. The van der Waals surface area contributed by atoms with E-state index in [-0.39, 0.29) is 16.7 Å². The van der Waals surface area contributed by atoms with Gasteiger partial charge in [-0.25, -0.2) is 0 Å². The van der Waals surface area contributed by atoms with Crippen LogP contribution in [-0.4, -0.2) is 4.92 Å². The Bertz CT molecular complexity index is 1060. The van der Waals surface area contributed by atoms with Crippen molar-refractivity contribution in [1.29, 1.82) is 0 Å². The van der Waals surface area contributed by atoms with E-state index in [1.165, 1.54) is 22.4 Å². The molecule has 0 aromatic heterocycles. The van der Waals surface area contributed by atoms with E-state index in [4.69, 9.17) is 0 Å². The van der Waals surface area contributed by atoms with Crippen LogP contribution in [0.2, 0.25) is 0 Å². The van der Waals surface area contributed by atoms with E-state index >= 15 is 0 Å². The predicted octanol–water partition coefficient (Wildman–Crippen LogP) is 6.09. The maximum atomic E-state index is 11.0. The van der Waals surface area contributed by atoms with E-state index in [1.54, 1.807) is 12.1 Å². The highest BCUT2D eigenvalue weighted by Crippen LogP contribution is 2.52. The molecule has 2 aliphatic rings. The number of nitro groups is 1. The average Bonchev–Trinajstić information content (AvgIpc) is 3.24. The molecule has 4 nitrogen and oxygen atoms in total. The number of allylic oxidation sites excluding steroid dienone is 2. The predicted molar refractivity (Wildman–Crippen MR) is 111 cm³/mol. The monoisotopic (exact) mass is 368 g/mol. The largest absolute Gasteiger partial charge is 0.377 e. The lowest BCUT2D eigenvalue weighted by Gasteiger charge is -2.38. The van der Waals surface area contributed by atoms with Crippen LogP contribution in [0.4, 0.5) is 11.4 Å². The van der Waals surface area contributed by atoms with Crippen molar-refractivity contribution in [1.82, 2.24) is 0 Å². The molecule has 0 amide bonds.